The average molecular weight is 296 g/mol. The normalized spacial score (nSPS) is 32.8. The molecular formula is C10H21N2O6P. The van der Waals surface area contributed by atoms with Gasteiger partial charge in [-0.05, 0) is 24.7 Å². The van der Waals surface area contributed by atoms with Gasteiger partial charge in [0, 0.05) is 37.9 Å². The lowest BCUT2D eigenvalue weighted by atomic mass is 9.81. The van der Waals surface area contributed by atoms with E-state index < -0.39 is 13.3 Å². The summed E-state index contributed by atoms with van der Waals surface area (Å²) >= 11 is 0. The molecule has 2 aliphatic carbocycles. The molecule has 8 nitrogen and oxygen atoms in total. The van der Waals surface area contributed by atoms with E-state index in [1.807, 2.05) is 0 Å². The summed E-state index contributed by atoms with van der Waals surface area (Å²) in [7, 11) is -2.44. The topological polar surface area (TPSA) is 136 Å². The molecule has 0 aliphatic heterocycles. The van der Waals surface area contributed by atoms with Crippen LogP contribution in [0.2, 0.25) is 0 Å². The van der Waals surface area contributed by atoms with E-state index in [-0.39, 0.29) is 10.3 Å². The minimum Gasteiger partial charge on any atom is -0.385 e. The molecule has 0 spiro atoms. The van der Waals surface area contributed by atoms with Gasteiger partial charge in [0.15, 0.2) is 0 Å². The third-order valence-electron chi connectivity index (χ3n) is 4.17. The fraction of sp³-hybridized carbons (Fsp3) is 1.00. The van der Waals surface area contributed by atoms with Crippen LogP contribution in [0.25, 0.3) is 0 Å². The zero-order valence-electron chi connectivity index (χ0n) is 10.9. The molecule has 0 atom stereocenters. The lowest BCUT2D eigenvalue weighted by Gasteiger charge is -2.24. The van der Waals surface area contributed by atoms with E-state index in [4.69, 9.17) is 19.1 Å². The van der Waals surface area contributed by atoms with Gasteiger partial charge in [-0.1, -0.05) is 0 Å². The van der Waals surface area contributed by atoms with Crippen LogP contribution in [0.15, 0.2) is 0 Å². The van der Waals surface area contributed by atoms with Crippen molar-refractivity contribution in [2.24, 2.45) is 10.9 Å². The van der Waals surface area contributed by atoms with E-state index in [2.05, 4.69) is 5.50 Å². The third kappa shape index (κ3) is 4.50. The fourth-order valence-corrected chi connectivity index (χ4v) is 3.20. The molecule has 0 heterocycles. The lowest BCUT2D eigenvalue weighted by Crippen LogP contribution is -2.32. The van der Waals surface area contributed by atoms with Gasteiger partial charge in [-0.25, -0.2) is 10.1 Å². The van der Waals surface area contributed by atoms with Crippen molar-refractivity contribution >= 4 is 7.75 Å². The maximum absolute atomic E-state index is 11.0. The Morgan fingerprint density at radius 1 is 1.37 bits per heavy atom. The zero-order valence-corrected chi connectivity index (χ0v) is 11.8. The second kappa shape index (κ2) is 5.85. The van der Waals surface area contributed by atoms with Crippen molar-refractivity contribution in [1.29, 1.82) is 0 Å². The zero-order chi connectivity index (χ0) is 14.7. The van der Waals surface area contributed by atoms with Crippen LogP contribution in [-0.4, -0.2) is 34.0 Å². The third-order valence-corrected chi connectivity index (χ3v) is 4.17. The maximum Gasteiger partial charge on any atom is 0.397 e. The molecule has 2 bridgehead atoms. The van der Waals surface area contributed by atoms with Crippen molar-refractivity contribution in [1.82, 2.24) is 0 Å². The van der Waals surface area contributed by atoms with Crippen LogP contribution in [0.1, 0.15) is 38.5 Å². The van der Waals surface area contributed by atoms with Crippen LogP contribution in [0, 0.1) is 15.5 Å². The highest BCUT2D eigenvalue weighted by Crippen LogP contribution is 2.59. The molecule has 4 N–H and O–H groups in total. The van der Waals surface area contributed by atoms with Crippen LogP contribution in [0.3, 0.4) is 0 Å². The Hall–Kier alpha value is -0.530. The van der Waals surface area contributed by atoms with E-state index in [1.165, 1.54) is 0 Å². The Bertz CT molecular complexity index is 366. The van der Waals surface area contributed by atoms with Gasteiger partial charge in [-0.2, -0.15) is 0 Å². The summed E-state index contributed by atoms with van der Waals surface area (Å²) in [4.78, 5) is 25.8. The first-order valence-electron chi connectivity index (χ1n) is 6.10. The molecule has 2 aliphatic rings. The molecule has 2 saturated carbocycles. The van der Waals surface area contributed by atoms with Crippen molar-refractivity contribution in [3.05, 3.63) is 10.1 Å². The molecule has 19 heavy (non-hydrogen) atoms. The molecule has 112 valence electrons. The lowest BCUT2D eigenvalue weighted by molar-refractivity contribution is -0.567. The fourth-order valence-electron chi connectivity index (χ4n) is 3.20. The van der Waals surface area contributed by atoms with Crippen molar-refractivity contribution in [3.8, 4) is 0 Å². The molecule has 0 saturated heterocycles. The number of nitro groups is 1. The Morgan fingerprint density at radius 3 is 2.16 bits per heavy atom. The molecule has 2 fully saturated rings. The summed E-state index contributed by atoms with van der Waals surface area (Å²) in [6.07, 6.45) is 5.40. The van der Waals surface area contributed by atoms with Gasteiger partial charge in [0.25, 0.3) is 0 Å². The maximum atomic E-state index is 11.0. The highest BCUT2D eigenvalue weighted by atomic mass is 31.2. The Balaban J connectivity index is 0.000000312. The van der Waals surface area contributed by atoms with E-state index in [9.17, 15) is 10.1 Å². The smallest absolute Gasteiger partial charge is 0.385 e. The highest BCUT2D eigenvalue weighted by molar-refractivity contribution is 7.49. The Labute approximate surface area is 111 Å². The highest BCUT2D eigenvalue weighted by Gasteiger charge is 2.61. The predicted octanol–water partition coefficient (Wildman–Crippen LogP) is 1.04. The molecule has 9 heteroatoms. The summed E-state index contributed by atoms with van der Waals surface area (Å²) < 4.78 is 14.2. The summed E-state index contributed by atoms with van der Waals surface area (Å²) in [5, 5.41) is 11.0. The van der Waals surface area contributed by atoms with Gasteiger partial charge in [0.2, 0.25) is 5.54 Å². The van der Waals surface area contributed by atoms with E-state index in [0.29, 0.717) is 0 Å². The molecule has 0 amide bonds. The number of methoxy groups -OCH3 is 1. The second-order valence-corrected chi connectivity index (χ2v) is 6.67. The molecule has 0 aromatic heterocycles. The van der Waals surface area contributed by atoms with E-state index >= 15 is 0 Å². The number of hydrogen-bond acceptors (Lipinski definition) is 4. The van der Waals surface area contributed by atoms with Crippen LogP contribution < -0.4 is 5.50 Å². The van der Waals surface area contributed by atoms with Crippen LogP contribution in [0.5, 0.6) is 0 Å². The Morgan fingerprint density at radius 2 is 1.84 bits per heavy atom. The average Bonchev–Trinajstić information content (AvgIpc) is 2.81. The molecule has 2 rings (SSSR count). The molecule has 0 aromatic rings. The monoisotopic (exact) mass is 296 g/mol. The predicted molar refractivity (Wildman–Crippen MR) is 68.0 cm³/mol. The van der Waals surface area contributed by atoms with Crippen molar-refractivity contribution in [2.45, 2.75) is 44.1 Å². The molecule has 0 aromatic carbocycles. The summed E-state index contributed by atoms with van der Waals surface area (Å²) in [5.41, 5.74) is 3.70. The van der Waals surface area contributed by atoms with Crippen molar-refractivity contribution in [3.63, 3.8) is 0 Å². The van der Waals surface area contributed by atoms with Gasteiger partial charge in [0.1, 0.15) is 0 Å². The standard InChI is InChI=1S/C10H17NO3.H4NO3P/c1-14-7-6-9-2-4-10(8-9,5-3-9)11(12)13;1-5(2,3)4/h2-8H2,1H3;(H4,1,2,3,4). The van der Waals surface area contributed by atoms with Gasteiger partial charge in [-0.15, -0.1) is 0 Å². The van der Waals surface area contributed by atoms with Gasteiger partial charge >= 0.3 is 7.75 Å². The summed E-state index contributed by atoms with van der Waals surface area (Å²) in [5.74, 6) is 0. The SMILES string of the molecule is COCCC12CCC([N+](=O)[O-])(CC1)C2.NP(=O)(O)O. The van der Waals surface area contributed by atoms with Crippen LogP contribution in [0.4, 0.5) is 0 Å². The molecule has 0 radical (unpaired) electrons. The first-order chi connectivity index (χ1) is 8.63. The van der Waals surface area contributed by atoms with Crippen molar-refractivity contribution < 1.29 is 24.0 Å². The van der Waals surface area contributed by atoms with E-state index in [1.54, 1.807) is 7.11 Å². The molecular weight excluding hydrogens is 275 g/mol. The number of nitrogens with two attached hydrogens (primary N) is 1. The Kier molecular flexibility index (Phi) is 5.08. The van der Waals surface area contributed by atoms with Crippen LogP contribution >= 0.6 is 7.75 Å². The minimum absolute atomic E-state index is 0.0332. The largest absolute Gasteiger partial charge is 0.397 e. The minimum atomic E-state index is -4.14. The van der Waals surface area contributed by atoms with E-state index in [0.717, 1.165) is 45.1 Å². The van der Waals surface area contributed by atoms with Crippen molar-refractivity contribution in [2.75, 3.05) is 13.7 Å². The van der Waals surface area contributed by atoms with Gasteiger partial charge in [0.05, 0.1) is 0 Å². The quantitative estimate of drug-likeness (QED) is 0.400. The summed E-state index contributed by atoms with van der Waals surface area (Å²) in [6, 6.07) is 0. The number of fused-ring (bicyclic) bond motifs is 2. The summed E-state index contributed by atoms with van der Waals surface area (Å²) in [6.45, 7) is 0.744. The van der Waals surface area contributed by atoms with Gasteiger partial charge < -0.3 is 14.5 Å². The molecule has 0 unspecified atom stereocenters. The van der Waals surface area contributed by atoms with Crippen LogP contribution in [-0.2, 0) is 9.30 Å². The first-order valence-corrected chi connectivity index (χ1v) is 7.78. The first kappa shape index (κ1) is 16.5. The second-order valence-electron chi connectivity index (χ2n) is 5.49. The number of hydrogen-bond donors (Lipinski definition) is 3. The number of nitrogens with zero attached hydrogens (tertiary/aromatic N) is 1. The van der Waals surface area contributed by atoms with Gasteiger partial charge in [-0.3, -0.25) is 10.1 Å². The number of ether oxygens (including phenoxy) is 1. The number of rotatable bonds is 4.